The van der Waals surface area contributed by atoms with Crippen molar-refractivity contribution < 1.29 is 23.5 Å². The summed E-state index contributed by atoms with van der Waals surface area (Å²) in [6.07, 6.45) is 3.44. The van der Waals surface area contributed by atoms with Crippen molar-refractivity contribution in [1.82, 2.24) is 15.5 Å². The number of carbonyl (C=O) groups excluding carboxylic acids is 3. The van der Waals surface area contributed by atoms with Crippen molar-refractivity contribution in [3.8, 4) is 0 Å². The molecule has 1 aromatic heterocycles. The molecule has 1 aliphatic rings. The Labute approximate surface area is 178 Å². The lowest BCUT2D eigenvalue weighted by atomic mass is 9.76. The Morgan fingerprint density at radius 3 is 2.57 bits per heavy atom. The zero-order valence-electron chi connectivity index (χ0n) is 18.9. The molecule has 2 N–H and O–H groups in total. The SMILES string of the molecule is CC(C)C(C)(C)C[C@H](NC(=O)c1ccoc1)C(=O)NC1C(=O)COC1CCN(C)C. The van der Waals surface area contributed by atoms with Crippen molar-refractivity contribution in [1.29, 1.82) is 0 Å². The molecule has 2 amide bonds. The Bertz CT molecular complexity index is 727. The van der Waals surface area contributed by atoms with Gasteiger partial charge >= 0.3 is 0 Å². The van der Waals surface area contributed by atoms with Crippen molar-refractivity contribution in [2.75, 3.05) is 27.2 Å². The van der Waals surface area contributed by atoms with Gasteiger partial charge in [0.2, 0.25) is 5.91 Å². The summed E-state index contributed by atoms with van der Waals surface area (Å²) in [7, 11) is 3.89. The van der Waals surface area contributed by atoms with E-state index in [1.165, 1.54) is 12.5 Å². The van der Waals surface area contributed by atoms with Crippen molar-refractivity contribution >= 4 is 17.6 Å². The Morgan fingerprint density at radius 2 is 2.00 bits per heavy atom. The summed E-state index contributed by atoms with van der Waals surface area (Å²) in [5, 5.41) is 5.66. The summed E-state index contributed by atoms with van der Waals surface area (Å²) in [5.74, 6) is -0.612. The van der Waals surface area contributed by atoms with Crippen LogP contribution in [0.3, 0.4) is 0 Å². The molecule has 168 valence electrons. The second-order valence-electron chi connectivity index (χ2n) is 9.28. The molecule has 0 spiro atoms. The van der Waals surface area contributed by atoms with E-state index in [1.807, 2.05) is 19.0 Å². The van der Waals surface area contributed by atoms with E-state index < -0.39 is 12.1 Å². The number of ether oxygens (including phenoxy) is 1. The van der Waals surface area contributed by atoms with Gasteiger partial charge in [-0.3, -0.25) is 14.4 Å². The van der Waals surface area contributed by atoms with E-state index in [1.54, 1.807) is 6.07 Å². The first kappa shape index (κ1) is 24.1. The predicted molar refractivity (Wildman–Crippen MR) is 113 cm³/mol. The number of hydrogen-bond donors (Lipinski definition) is 2. The molecule has 1 saturated heterocycles. The van der Waals surface area contributed by atoms with Crippen LogP contribution in [-0.4, -0.2) is 67.9 Å². The van der Waals surface area contributed by atoms with Gasteiger partial charge in [-0.25, -0.2) is 0 Å². The molecule has 1 aromatic rings. The second kappa shape index (κ2) is 10.2. The van der Waals surface area contributed by atoms with E-state index in [-0.39, 0.29) is 35.7 Å². The van der Waals surface area contributed by atoms with Gasteiger partial charge in [0.25, 0.3) is 5.91 Å². The molecule has 2 heterocycles. The van der Waals surface area contributed by atoms with Crippen molar-refractivity contribution in [2.24, 2.45) is 11.3 Å². The fourth-order valence-electron chi connectivity index (χ4n) is 3.25. The molecule has 0 saturated carbocycles. The molecule has 3 atom stereocenters. The normalized spacial score (nSPS) is 20.6. The molecular formula is C22H35N3O5. The van der Waals surface area contributed by atoms with E-state index in [2.05, 4.69) is 38.3 Å². The van der Waals surface area contributed by atoms with E-state index in [9.17, 15) is 14.4 Å². The zero-order chi connectivity index (χ0) is 22.5. The van der Waals surface area contributed by atoms with E-state index in [0.29, 0.717) is 24.3 Å². The topological polar surface area (TPSA) is 101 Å². The van der Waals surface area contributed by atoms with Crippen LogP contribution in [0.2, 0.25) is 0 Å². The first-order valence-electron chi connectivity index (χ1n) is 10.4. The molecule has 8 heteroatoms. The summed E-state index contributed by atoms with van der Waals surface area (Å²) in [4.78, 5) is 40.1. The summed E-state index contributed by atoms with van der Waals surface area (Å²) in [6.45, 7) is 9.02. The molecule has 30 heavy (non-hydrogen) atoms. The van der Waals surface area contributed by atoms with Gasteiger partial charge in [0.05, 0.1) is 17.9 Å². The zero-order valence-corrected chi connectivity index (χ0v) is 18.9. The number of furan rings is 1. The minimum atomic E-state index is -0.785. The number of amides is 2. The number of rotatable bonds is 10. The Morgan fingerprint density at radius 1 is 1.30 bits per heavy atom. The summed E-state index contributed by atoms with van der Waals surface area (Å²) in [6, 6.07) is 0.0596. The molecule has 8 nitrogen and oxygen atoms in total. The lowest BCUT2D eigenvalue weighted by Gasteiger charge is -2.33. The third-order valence-corrected chi connectivity index (χ3v) is 6.02. The fourth-order valence-corrected chi connectivity index (χ4v) is 3.25. The van der Waals surface area contributed by atoms with Crippen LogP contribution in [-0.2, 0) is 14.3 Å². The fraction of sp³-hybridized carbons (Fsp3) is 0.682. The molecule has 1 fully saturated rings. The van der Waals surface area contributed by atoms with Crippen LogP contribution < -0.4 is 10.6 Å². The van der Waals surface area contributed by atoms with E-state index in [4.69, 9.17) is 9.15 Å². The maximum absolute atomic E-state index is 13.2. The Hall–Kier alpha value is -2.19. The standard InChI is InChI=1S/C22H35N3O5/c1-14(2)22(3,4)11-16(23-20(27)15-8-10-29-12-15)21(28)24-19-17(26)13-30-18(19)7-9-25(5)6/h8,10,12,14,16,18-19H,7,9,11,13H2,1-6H3,(H,23,27)(H,24,28)/t16-,18?,19?/m0/s1. The van der Waals surface area contributed by atoms with Gasteiger partial charge in [-0.1, -0.05) is 27.7 Å². The first-order chi connectivity index (χ1) is 14.0. The van der Waals surface area contributed by atoms with Crippen LogP contribution in [0.25, 0.3) is 0 Å². The number of ketones is 1. The van der Waals surface area contributed by atoms with Crippen molar-refractivity contribution in [3.05, 3.63) is 24.2 Å². The van der Waals surface area contributed by atoms with E-state index in [0.717, 1.165) is 6.54 Å². The summed E-state index contributed by atoms with van der Waals surface area (Å²) >= 11 is 0. The van der Waals surface area contributed by atoms with E-state index >= 15 is 0 Å². The van der Waals surface area contributed by atoms with Crippen molar-refractivity contribution in [2.45, 2.75) is 58.7 Å². The van der Waals surface area contributed by atoms with Crippen LogP contribution in [0.1, 0.15) is 50.9 Å². The number of hydrogen-bond acceptors (Lipinski definition) is 6. The summed E-state index contributed by atoms with van der Waals surface area (Å²) in [5.41, 5.74) is 0.144. The molecule has 2 rings (SSSR count). The van der Waals surface area contributed by atoms with Crippen LogP contribution in [0, 0.1) is 11.3 Å². The van der Waals surface area contributed by atoms with Gasteiger partial charge in [0.15, 0.2) is 5.78 Å². The van der Waals surface area contributed by atoms with Gasteiger partial charge in [-0.05, 0) is 44.3 Å². The van der Waals surface area contributed by atoms with Crippen LogP contribution in [0.15, 0.2) is 23.0 Å². The number of carbonyl (C=O) groups is 3. The highest BCUT2D eigenvalue weighted by molar-refractivity contribution is 5.98. The average molecular weight is 422 g/mol. The predicted octanol–water partition coefficient (Wildman–Crippen LogP) is 1.85. The second-order valence-corrected chi connectivity index (χ2v) is 9.28. The molecular weight excluding hydrogens is 386 g/mol. The van der Waals surface area contributed by atoms with Gasteiger partial charge in [0, 0.05) is 6.54 Å². The van der Waals surface area contributed by atoms with Crippen LogP contribution in [0.4, 0.5) is 0 Å². The molecule has 0 bridgehead atoms. The third kappa shape index (κ3) is 6.40. The van der Waals surface area contributed by atoms with Gasteiger partial charge in [0.1, 0.15) is 25.0 Å². The largest absolute Gasteiger partial charge is 0.472 e. The van der Waals surface area contributed by atoms with Crippen LogP contribution >= 0.6 is 0 Å². The molecule has 0 aliphatic carbocycles. The minimum absolute atomic E-state index is 0.00737. The highest BCUT2D eigenvalue weighted by Gasteiger charge is 2.39. The highest BCUT2D eigenvalue weighted by Crippen LogP contribution is 2.31. The third-order valence-electron chi connectivity index (χ3n) is 6.02. The molecule has 0 aromatic carbocycles. The van der Waals surface area contributed by atoms with Gasteiger partial charge in [-0.2, -0.15) is 0 Å². The lowest BCUT2D eigenvalue weighted by Crippen LogP contribution is -2.54. The number of Topliss-reactive ketones (excluding diaryl/α,β-unsaturated/α-hetero) is 1. The Balaban J connectivity index is 2.14. The van der Waals surface area contributed by atoms with Crippen LogP contribution in [0.5, 0.6) is 0 Å². The smallest absolute Gasteiger partial charge is 0.255 e. The lowest BCUT2D eigenvalue weighted by molar-refractivity contribution is -0.128. The maximum Gasteiger partial charge on any atom is 0.255 e. The summed E-state index contributed by atoms with van der Waals surface area (Å²) < 4.78 is 10.6. The monoisotopic (exact) mass is 421 g/mol. The minimum Gasteiger partial charge on any atom is -0.472 e. The van der Waals surface area contributed by atoms with Gasteiger partial charge < -0.3 is 24.7 Å². The maximum atomic E-state index is 13.2. The molecule has 2 unspecified atom stereocenters. The first-order valence-corrected chi connectivity index (χ1v) is 10.4. The average Bonchev–Trinajstić information content (AvgIpc) is 3.30. The van der Waals surface area contributed by atoms with Gasteiger partial charge in [-0.15, -0.1) is 0 Å². The highest BCUT2D eigenvalue weighted by atomic mass is 16.5. The molecule has 0 radical (unpaired) electrons. The van der Waals surface area contributed by atoms with Crippen molar-refractivity contribution in [3.63, 3.8) is 0 Å². The number of nitrogens with one attached hydrogen (secondary N) is 2. The number of nitrogens with zero attached hydrogens (tertiary/aromatic N) is 1. The molecule has 1 aliphatic heterocycles. The Kier molecular flexibility index (Phi) is 8.20. The quantitative estimate of drug-likeness (QED) is 0.598.